The normalized spacial score (nSPS) is 35.4. The van der Waals surface area contributed by atoms with E-state index in [9.17, 15) is 9.90 Å². The van der Waals surface area contributed by atoms with Crippen LogP contribution in [-0.2, 0) is 9.53 Å². The van der Waals surface area contributed by atoms with Gasteiger partial charge >= 0.3 is 5.97 Å². The Kier molecular flexibility index (Phi) is 5.26. The Balaban J connectivity index is 1.80. The van der Waals surface area contributed by atoms with Crippen molar-refractivity contribution in [2.24, 2.45) is 11.3 Å². The molecule has 19 heavy (non-hydrogen) atoms. The lowest BCUT2D eigenvalue weighted by molar-refractivity contribution is -0.152. The predicted molar refractivity (Wildman–Crippen MR) is 75.1 cm³/mol. The molecule has 1 saturated heterocycles. The van der Waals surface area contributed by atoms with Gasteiger partial charge in [0.05, 0.1) is 11.5 Å². The van der Waals surface area contributed by atoms with Crippen molar-refractivity contribution in [2.75, 3.05) is 6.61 Å². The molecule has 0 aromatic carbocycles. The summed E-state index contributed by atoms with van der Waals surface area (Å²) in [6, 6.07) is 0. The molecule has 1 aliphatic heterocycles. The molecule has 3 heteroatoms. The molecular formula is C16H28O3. The number of carbonyl (C=O) groups is 1. The van der Waals surface area contributed by atoms with E-state index in [0.717, 1.165) is 63.9 Å². The molecule has 1 N–H and O–H groups in total. The van der Waals surface area contributed by atoms with E-state index in [0.29, 0.717) is 6.10 Å². The fourth-order valence-electron chi connectivity index (χ4n) is 3.75. The number of carboxylic acid groups (broad SMARTS) is 1. The van der Waals surface area contributed by atoms with E-state index in [1.54, 1.807) is 0 Å². The number of hydrogen-bond donors (Lipinski definition) is 1. The van der Waals surface area contributed by atoms with Gasteiger partial charge in [0.25, 0.3) is 0 Å². The molecule has 1 atom stereocenters. The topological polar surface area (TPSA) is 46.5 Å². The summed E-state index contributed by atoms with van der Waals surface area (Å²) in [7, 11) is 0. The lowest BCUT2D eigenvalue weighted by Crippen LogP contribution is -2.35. The van der Waals surface area contributed by atoms with Crippen LogP contribution in [-0.4, -0.2) is 23.8 Å². The minimum atomic E-state index is -0.561. The highest BCUT2D eigenvalue weighted by atomic mass is 16.5. The van der Waals surface area contributed by atoms with Gasteiger partial charge in [-0.25, -0.2) is 0 Å². The zero-order valence-electron chi connectivity index (χ0n) is 12.2. The molecule has 0 spiro atoms. The summed E-state index contributed by atoms with van der Waals surface area (Å²) >= 11 is 0. The first kappa shape index (κ1) is 14.8. The van der Waals surface area contributed by atoms with Gasteiger partial charge in [-0.1, -0.05) is 13.3 Å². The lowest BCUT2D eigenvalue weighted by Gasteiger charge is -2.37. The number of carboxylic acids is 1. The maximum Gasteiger partial charge on any atom is 0.309 e. The monoisotopic (exact) mass is 268 g/mol. The van der Waals surface area contributed by atoms with Crippen molar-refractivity contribution in [3.05, 3.63) is 0 Å². The van der Waals surface area contributed by atoms with E-state index in [-0.39, 0.29) is 0 Å². The van der Waals surface area contributed by atoms with Gasteiger partial charge < -0.3 is 9.84 Å². The highest BCUT2D eigenvalue weighted by Gasteiger charge is 2.41. The van der Waals surface area contributed by atoms with Gasteiger partial charge in [0.2, 0.25) is 0 Å². The van der Waals surface area contributed by atoms with E-state index >= 15 is 0 Å². The van der Waals surface area contributed by atoms with Crippen LogP contribution in [0, 0.1) is 11.3 Å². The third-order valence-corrected chi connectivity index (χ3v) is 5.30. The number of rotatable bonds is 6. The molecule has 2 rings (SSSR count). The summed E-state index contributed by atoms with van der Waals surface area (Å²) in [4.78, 5) is 11.7. The van der Waals surface area contributed by atoms with Crippen LogP contribution in [0.1, 0.15) is 71.1 Å². The van der Waals surface area contributed by atoms with Gasteiger partial charge in [0, 0.05) is 6.61 Å². The van der Waals surface area contributed by atoms with Crippen LogP contribution in [0.25, 0.3) is 0 Å². The first-order valence-corrected chi connectivity index (χ1v) is 8.01. The quantitative estimate of drug-likeness (QED) is 0.791. The zero-order valence-corrected chi connectivity index (χ0v) is 12.2. The molecular weight excluding hydrogens is 240 g/mol. The number of ether oxygens (including phenoxy) is 1. The molecule has 0 radical (unpaired) electrons. The van der Waals surface area contributed by atoms with E-state index in [4.69, 9.17) is 4.74 Å². The fraction of sp³-hybridized carbons (Fsp3) is 0.938. The summed E-state index contributed by atoms with van der Waals surface area (Å²) in [5, 5.41) is 9.61. The van der Waals surface area contributed by atoms with Crippen molar-refractivity contribution >= 4 is 5.97 Å². The standard InChI is InChI=1S/C16H28O3/c1-2-13-7-10-16(11-8-13,15(17)18)9-3-5-14-6-4-12-19-14/h13-14H,2-12H2,1H3,(H,17,18). The van der Waals surface area contributed by atoms with Gasteiger partial charge in [-0.15, -0.1) is 0 Å². The van der Waals surface area contributed by atoms with Crippen LogP contribution in [0.4, 0.5) is 0 Å². The molecule has 3 nitrogen and oxygen atoms in total. The Morgan fingerprint density at radius 3 is 2.58 bits per heavy atom. The van der Waals surface area contributed by atoms with E-state index in [1.807, 2.05) is 0 Å². The van der Waals surface area contributed by atoms with Crippen molar-refractivity contribution in [1.29, 1.82) is 0 Å². The highest BCUT2D eigenvalue weighted by Crippen LogP contribution is 2.44. The Morgan fingerprint density at radius 1 is 1.32 bits per heavy atom. The second kappa shape index (κ2) is 6.74. The fourth-order valence-corrected chi connectivity index (χ4v) is 3.75. The summed E-state index contributed by atoms with van der Waals surface area (Å²) in [5.74, 6) is 0.194. The smallest absolute Gasteiger partial charge is 0.309 e. The first-order chi connectivity index (χ1) is 9.16. The van der Waals surface area contributed by atoms with Gasteiger partial charge in [0.1, 0.15) is 0 Å². The van der Waals surface area contributed by atoms with Crippen LogP contribution in [0.15, 0.2) is 0 Å². The van der Waals surface area contributed by atoms with Crippen LogP contribution in [0.3, 0.4) is 0 Å². The van der Waals surface area contributed by atoms with Crippen molar-refractivity contribution < 1.29 is 14.6 Å². The average Bonchev–Trinajstić information content (AvgIpc) is 2.92. The summed E-state index contributed by atoms with van der Waals surface area (Å²) in [5.41, 5.74) is -0.426. The molecule has 0 aromatic rings. The van der Waals surface area contributed by atoms with Gasteiger partial charge in [-0.2, -0.15) is 0 Å². The third-order valence-electron chi connectivity index (χ3n) is 5.30. The SMILES string of the molecule is CCC1CCC(CCCC2CCCO2)(C(=O)O)CC1. The molecule has 1 aliphatic carbocycles. The minimum absolute atomic E-state index is 0.401. The second-order valence-electron chi connectivity index (χ2n) is 6.46. The van der Waals surface area contributed by atoms with Crippen LogP contribution >= 0.6 is 0 Å². The molecule has 1 saturated carbocycles. The molecule has 2 aliphatic rings. The average molecular weight is 268 g/mol. The summed E-state index contributed by atoms with van der Waals surface area (Å²) in [6.45, 7) is 3.11. The molecule has 0 amide bonds. The molecule has 1 heterocycles. The Hall–Kier alpha value is -0.570. The lowest BCUT2D eigenvalue weighted by atomic mass is 9.67. The van der Waals surface area contributed by atoms with Crippen molar-refractivity contribution in [2.45, 2.75) is 77.2 Å². The highest BCUT2D eigenvalue weighted by molar-refractivity contribution is 5.74. The maximum absolute atomic E-state index is 11.7. The van der Waals surface area contributed by atoms with Crippen molar-refractivity contribution in [3.8, 4) is 0 Å². The summed E-state index contributed by atoms with van der Waals surface area (Å²) in [6.07, 6.45) is 10.8. The van der Waals surface area contributed by atoms with Gasteiger partial charge in [0.15, 0.2) is 0 Å². The first-order valence-electron chi connectivity index (χ1n) is 8.01. The Labute approximate surface area is 116 Å². The number of aliphatic carboxylic acids is 1. The largest absolute Gasteiger partial charge is 0.481 e. The minimum Gasteiger partial charge on any atom is -0.481 e. The van der Waals surface area contributed by atoms with Crippen LogP contribution in [0.2, 0.25) is 0 Å². The molecule has 2 fully saturated rings. The molecule has 110 valence electrons. The Bertz CT molecular complexity index is 286. The Morgan fingerprint density at radius 2 is 2.05 bits per heavy atom. The third kappa shape index (κ3) is 3.71. The van der Waals surface area contributed by atoms with Crippen LogP contribution in [0.5, 0.6) is 0 Å². The molecule has 1 unspecified atom stereocenters. The van der Waals surface area contributed by atoms with Crippen molar-refractivity contribution in [3.63, 3.8) is 0 Å². The van der Waals surface area contributed by atoms with Gasteiger partial charge in [-0.3, -0.25) is 4.79 Å². The van der Waals surface area contributed by atoms with E-state index < -0.39 is 11.4 Å². The van der Waals surface area contributed by atoms with Crippen LogP contribution < -0.4 is 0 Å². The van der Waals surface area contributed by atoms with Crippen molar-refractivity contribution in [1.82, 2.24) is 0 Å². The zero-order chi connectivity index (χ0) is 13.7. The maximum atomic E-state index is 11.7. The van der Waals surface area contributed by atoms with E-state index in [1.165, 1.54) is 12.8 Å². The second-order valence-corrected chi connectivity index (χ2v) is 6.46. The molecule has 0 bridgehead atoms. The van der Waals surface area contributed by atoms with Gasteiger partial charge in [-0.05, 0) is 63.7 Å². The van der Waals surface area contributed by atoms with E-state index in [2.05, 4.69) is 6.92 Å². The number of hydrogen-bond acceptors (Lipinski definition) is 2. The molecule has 0 aromatic heterocycles. The predicted octanol–water partition coefficient (Wildman–Crippen LogP) is 4.01. The summed E-state index contributed by atoms with van der Waals surface area (Å²) < 4.78 is 5.62.